The highest BCUT2D eigenvalue weighted by molar-refractivity contribution is 5.83. The summed E-state index contributed by atoms with van der Waals surface area (Å²) in [7, 11) is 0. The van der Waals surface area contributed by atoms with Crippen molar-refractivity contribution in [3.05, 3.63) is 39.7 Å². The maximum atomic E-state index is 12.7. The minimum atomic E-state index is -0.591. The molecular formula is C23H27NO5. The van der Waals surface area contributed by atoms with E-state index in [2.05, 4.69) is 0 Å². The highest BCUT2D eigenvalue weighted by Crippen LogP contribution is 2.39. The molecule has 29 heavy (non-hydrogen) atoms. The van der Waals surface area contributed by atoms with Crippen molar-refractivity contribution < 1.29 is 19.1 Å². The zero-order valence-electron chi connectivity index (χ0n) is 16.6. The molecule has 1 saturated heterocycles. The van der Waals surface area contributed by atoms with Gasteiger partial charge in [-0.2, -0.15) is 0 Å². The first-order valence-corrected chi connectivity index (χ1v) is 10.7. The molecule has 2 fully saturated rings. The zero-order valence-corrected chi connectivity index (χ0v) is 16.6. The van der Waals surface area contributed by atoms with Crippen LogP contribution in [-0.2, 0) is 17.6 Å². The fourth-order valence-electron chi connectivity index (χ4n) is 5.39. The summed E-state index contributed by atoms with van der Waals surface area (Å²) >= 11 is 0. The summed E-state index contributed by atoms with van der Waals surface area (Å²) in [6, 6.07) is 5.47. The van der Waals surface area contributed by atoms with Gasteiger partial charge in [-0.05, 0) is 56.2 Å². The zero-order chi connectivity index (χ0) is 20.0. The molecule has 1 aliphatic heterocycles. The maximum absolute atomic E-state index is 12.7. The Labute approximate surface area is 169 Å². The van der Waals surface area contributed by atoms with E-state index in [0.29, 0.717) is 30.8 Å². The van der Waals surface area contributed by atoms with E-state index < -0.39 is 5.60 Å². The van der Waals surface area contributed by atoms with E-state index in [1.54, 1.807) is 6.07 Å². The van der Waals surface area contributed by atoms with Gasteiger partial charge in [0.15, 0.2) is 6.61 Å². The molecule has 6 heteroatoms. The molecule has 1 saturated carbocycles. The van der Waals surface area contributed by atoms with Crippen molar-refractivity contribution in [1.29, 1.82) is 0 Å². The predicted molar refractivity (Wildman–Crippen MR) is 108 cm³/mol. The number of piperidine rings is 1. The van der Waals surface area contributed by atoms with Gasteiger partial charge in [-0.1, -0.05) is 12.8 Å². The third-order valence-corrected chi connectivity index (χ3v) is 7.09. The number of hydrogen-bond acceptors (Lipinski definition) is 5. The number of rotatable bonds is 3. The average molecular weight is 397 g/mol. The van der Waals surface area contributed by atoms with Gasteiger partial charge in [0, 0.05) is 36.0 Å². The van der Waals surface area contributed by atoms with Crippen LogP contribution in [0, 0.1) is 5.92 Å². The fourth-order valence-corrected chi connectivity index (χ4v) is 5.39. The first-order valence-electron chi connectivity index (χ1n) is 10.7. The number of carbonyl (C=O) groups is 1. The van der Waals surface area contributed by atoms with Gasteiger partial charge in [0.1, 0.15) is 11.3 Å². The molecule has 154 valence electrons. The Kier molecular flexibility index (Phi) is 4.62. The van der Waals surface area contributed by atoms with Crippen LogP contribution in [-0.4, -0.2) is 41.2 Å². The van der Waals surface area contributed by atoms with Crippen LogP contribution < -0.4 is 10.4 Å². The van der Waals surface area contributed by atoms with Gasteiger partial charge in [-0.15, -0.1) is 0 Å². The lowest BCUT2D eigenvalue weighted by Crippen LogP contribution is -2.55. The van der Waals surface area contributed by atoms with E-state index >= 15 is 0 Å². The highest BCUT2D eigenvalue weighted by atomic mass is 16.5. The molecule has 0 unspecified atom stereocenters. The summed E-state index contributed by atoms with van der Waals surface area (Å²) in [5, 5.41) is 11.7. The molecule has 2 atom stereocenters. The Morgan fingerprint density at radius 2 is 2.07 bits per heavy atom. The number of hydrogen-bond donors (Lipinski definition) is 1. The molecular weight excluding hydrogens is 370 g/mol. The fraction of sp³-hybridized carbons (Fsp3) is 0.565. The molecule has 6 nitrogen and oxygen atoms in total. The Hall–Kier alpha value is -2.34. The SMILES string of the molecule is O=C(COc1ccc2c3c(c(=O)oc2c1)CCC3)N1CC[C@@]2(O)CCCC[C@@H]2C1. The standard InChI is InChI=1S/C23H27NO5/c25-21(24-11-10-23(27)9-2-1-4-15(23)13-24)14-28-16-7-8-18-17-5-3-6-19(17)22(26)29-20(18)12-16/h7-8,12,15,27H,1-6,9-11,13-14H2/t15-,23+/m1/s1. The summed E-state index contributed by atoms with van der Waals surface area (Å²) in [5.74, 6) is 0.636. The van der Waals surface area contributed by atoms with Crippen LogP contribution in [0.2, 0.25) is 0 Å². The van der Waals surface area contributed by atoms with Crippen LogP contribution in [0.25, 0.3) is 11.0 Å². The molecule has 1 aromatic carbocycles. The van der Waals surface area contributed by atoms with Crippen molar-refractivity contribution in [2.75, 3.05) is 19.7 Å². The number of amides is 1. The van der Waals surface area contributed by atoms with Crippen LogP contribution >= 0.6 is 0 Å². The number of fused-ring (bicyclic) bond motifs is 4. The second-order valence-electron chi connectivity index (χ2n) is 8.78. The van der Waals surface area contributed by atoms with Gasteiger partial charge in [0.2, 0.25) is 0 Å². The van der Waals surface area contributed by atoms with Crippen molar-refractivity contribution in [2.24, 2.45) is 5.92 Å². The minimum absolute atomic E-state index is 0.0498. The van der Waals surface area contributed by atoms with Gasteiger partial charge in [-0.3, -0.25) is 4.79 Å². The number of likely N-dealkylation sites (tertiary alicyclic amines) is 1. The van der Waals surface area contributed by atoms with E-state index in [9.17, 15) is 14.7 Å². The van der Waals surface area contributed by atoms with Gasteiger partial charge >= 0.3 is 5.63 Å². The van der Waals surface area contributed by atoms with Gasteiger partial charge in [-0.25, -0.2) is 4.79 Å². The summed E-state index contributed by atoms with van der Waals surface area (Å²) < 4.78 is 11.2. The van der Waals surface area contributed by atoms with Crippen LogP contribution in [0.15, 0.2) is 27.4 Å². The van der Waals surface area contributed by atoms with Gasteiger partial charge in [0.05, 0.1) is 5.60 Å². The molecule has 0 spiro atoms. The van der Waals surface area contributed by atoms with Crippen LogP contribution in [0.3, 0.4) is 0 Å². The number of nitrogens with zero attached hydrogens (tertiary/aromatic N) is 1. The monoisotopic (exact) mass is 397 g/mol. The van der Waals surface area contributed by atoms with E-state index in [0.717, 1.165) is 61.5 Å². The summed E-state index contributed by atoms with van der Waals surface area (Å²) in [6.45, 7) is 1.14. The van der Waals surface area contributed by atoms with E-state index in [-0.39, 0.29) is 24.1 Å². The summed E-state index contributed by atoms with van der Waals surface area (Å²) in [5.41, 5.74) is 1.56. The molecule has 2 heterocycles. The van der Waals surface area contributed by atoms with Crippen LogP contribution in [0.1, 0.15) is 49.7 Å². The smallest absolute Gasteiger partial charge is 0.339 e. The number of aryl methyl sites for hydroxylation is 1. The van der Waals surface area contributed by atoms with E-state index in [1.165, 1.54) is 0 Å². The molecule has 1 aromatic heterocycles. The average Bonchev–Trinajstić information content (AvgIpc) is 3.22. The number of aliphatic hydroxyl groups is 1. The second-order valence-corrected chi connectivity index (χ2v) is 8.78. The van der Waals surface area contributed by atoms with Crippen molar-refractivity contribution >= 4 is 16.9 Å². The number of benzene rings is 1. The Bertz CT molecular complexity index is 1010. The Morgan fingerprint density at radius 3 is 2.97 bits per heavy atom. The molecule has 0 radical (unpaired) electrons. The van der Waals surface area contributed by atoms with Gasteiger partial charge in [0.25, 0.3) is 5.91 Å². The highest BCUT2D eigenvalue weighted by Gasteiger charge is 2.43. The van der Waals surface area contributed by atoms with Gasteiger partial charge < -0.3 is 19.2 Å². The molecule has 2 aliphatic carbocycles. The largest absolute Gasteiger partial charge is 0.484 e. The molecule has 2 aromatic rings. The second kappa shape index (κ2) is 7.17. The molecule has 1 amide bonds. The number of carbonyl (C=O) groups excluding carboxylic acids is 1. The van der Waals surface area contributed by atoms with Crippen LogP contribution in [0.5, 0.6) is 5.75 Å². The third kappa shape index (κ3) is 3.33. The van der Waals surface area contributed by atoms with Crippen molar-refractivity contribution in [3.63, 3.8) is 0 Å². The molecule has 1 N–H and O–H groups in total. The normalized spacial score (nSPS) is 26.2. The summed E-state index contributed by atoms with van der Waals surface area (Å²) in [4.78, 5) is 26.6. The minimum Gasteiger partial charge on any atom is -0.484 e. The lowest BCUT2D eigenvalue weighted by atomic mass is 9.71. The quantitative estimate of drug-likeness (QED) is 0.806. The molecule has 3 aliphatic rings. The number of ether oxygens (including phenoxy) is 1. The van der Waals surface area contributed by atoms with Crippen molar-refractivity contribution in [3.8, 4) is 5.75 Å². The summed E-state index contributed by atoms with van der Waals surface area (Å²) in [6.07, 6.45) is 7.35. The third-order valence-electron chi connectivity index (χ3n) is 7.09. The van der Waals surface area contributed by atoms with E-state index in [1.807, 2.05) is 17.0 Å². The molecule has 5 rings (SSSR count). The maximum Gasteiger partial charge on any atom is 0.339 e. The van der Waals surface area contributed by atoms with Crippen molar-refractivity contribution in [2.45, 2.75) is 57.0 Å². The first-order chi connectivity index (χ1) is 14.0. The topological polar surface area (TPSA) is 80.0 Å². The first kappa shape index (κ1) is 18.7. The van der Waals surface area contributed by atoms with Crippen LogP contribution in [0.4, 0.5) is 0 Å². The lowest BCUT2D eigenvalue weighted by molar-refractivity contribution is -0.145. The predicted octanol–water partition coefficient (Wildman–Crippen LogP) is 2.81. The molecule has 0 bridgehead atoms. The van der Waals surface area contributed by atoms with E-state index in [4.69, 9.17) is 9.15 Å². The lowest BCUT2D eigenvalue weighted by Gasteiger charge is -2.47. The Morgan fingerprint density at radius 1 is 1.21 bits per heavy atom. The van der Waals surface area contributed by atoms with Crippen molar-refractivity contribution in [1.82, 2.24) is 4.90 Å². The Balaban J connectivity index is 1.26.